The number of amides is 2. The molecule has 0 aromatic heterocycles. The molecule has 122 valence electrons. The fraction of sp³-hybridized carbons (Fsp3) is 0.412. The number of benzene rings is 1. The summed E-state index contributed by atoms with van der Waals surface area (Å²) in [7, 11) is 1.46. The number of carbonyl (C=O) groups excluding carboxylic acids is 2. The summed E-state index contributed by atoms with van der Waals surface area (Å²) in [5.74, 6) is -0.246. The Hall–Kier alpha value is -2.50. The molecular weight excluding hydrogens is 294 g/mol. The third kappa shape index (κ3) is 2.76. The summed E-state index contributed by atoms with van der Waals surface area (Å²) in [5, 5.41) is 16.1. The Morgan fingerprint density at radius 3 is 2.48 bits per heavy atom. The normalized spacial score (nSPS) is 24.5. The minimum absolute atomic E-state index is 0.0309. The van der Waals surface area contributed by atoms with Crippen molar-refractivity contribution < 1.29 is 14.7 Å². The number of likely N-dealkylation sites (N-methyl/N-ethyl adjacent to an activating group) is 1. The molecule has 2 amide bonds. The van der Waals surface area contributed by atoms with Crippen LogP contribution in [-0.2, 0) is 9.59 Å². The van der Waals surface area contributed by atoms with Crippen LogP contribution in [0.2, 0.25) is 0 Å². The van der Waals surface area contributed by atoms with Crippen LogP contribution in [0.25, 0.3) is 0 Å². The Kier molecular flexibility index (Phi) is 3.98. The highest BCUT2D eigenvalue weighted by molar-refractivity contribution is 6.20. The molecule has 1 aromatic carbocycles. The number of rotatable bonds is 4. The Morgan fingerprint density at radius 2 is 1.83 bits per heavy atom. The first-order valence-electron chi connectivity index (χ1n) is 7.87. The largest absolute Gasteiger partial charge is 0.506 e. The van der Waals surface area contributed by atoms with E-state index in [0.29, 0.717) is 17.3 Å². The molecular formula is C17H21N3O3. The number of phenolic OH excluding ortho intramolecular Hbond substituents is 1. The molecule has 0 spiro atoms. The van der Waals surface area contributed by atoms with Crippen molar-refractivity contribution in [1.29, 1.82) is 0 Å². The first-order valence-corrected chi connectivity index (χ1v) is 7.87. The summed E-state index contributed by atoms with van der Waals surface area (Å²) < 4.78 is 0. The Balaban J connectivity index is 1.92. The van der Waals surface area contributed by atoms with E-state index in [1.165, 1.54) is 13.1 Å². The molecule has 1 fully saturated rings. The smallest absolute Gasteiger partial charge is 0.279 e. The predicted octanol–water partition coefficient (Wildman–Crippen LogP) is 1.79. The first kappa shape index (κ1) is 15.4. The van der Waals surface area contributed by atoms with E-state index in [2.05, 4.69) is 17.6 Å². The van der Waals surface area contributed by atoms with E-state index in [9.17, 15) is 14.7 Å². The fourth-order valence-corrected chi connectivity index (χ4v) is 3.15. The molecule has 1 aliphatic heterocycles. The lowest BCUT2D eigenvalue weighted by Crippen LogP contribution is -2.36. The van der Waals surface area contributed by atoms with Crippen molar-refractivity contribution in [2.24, 2.45) is 5.92 Å². The Bertz CT molecular complexity index is 683. The van der Waals surface area contributed by atoms with Gasteiger partial charge in [0.1, 0.15) is 17.1 Å². The van der Waals surface area contributed by atoms with Gasteiger partial charge < -0.3 is 15.7 Å². The molecule has 1 heterocycles. The monoisotopic (exact) mass is 315 g/mol. The van der Waals surface area contributed by atoms with Gasteiger partial charge in [0, 0.05) is 13.1 Å². The first-order chi connectivity index (χ1) is 11.0. The lowest BCUT2D eigenvalue weighted by Gasteiger charge is -2.19. The maximum Gasteiger partial charge on any atom is 0.279 e. The highest BCUT2D eigenvalue weighted by Crippen LogP contribution is 2.30. The van der Waals surface area contributed by atoms with E-state index in [0.717, 1.165) is 24.2 Å². The second-order valence-corrected chi connectivity index (χ2v) is 6.22. The third-order valence-corrected chi connectivity index (χ3v) is 4.64. The number of anilines is 1. The summed E-state index contributed by atoms with van der Waals surface area (Å²) in [5.41, 5.74) is 0.885. The summed E-state index contributed by atoms with van der Waals surface area (Å²) in [6.45, 7) is 2.15. The van der Waals surface area contributed by atoms with Crippen LogP contribution in [0.1, 0.15) is 26.2 Å². The number of nitrogens with zero attached hydrogens (tertiary/aromatic N) is 1. The lowest BCUT2D eigenvalue weighted by molar-refractivity contribution is -0.136. The second kappa shape index (κ2) is 5.95. The number of hydrogen-bond donors (Lipinski definition) is 3. The molecule has 3 N–H and O–H groups in total. The van der Waals surface area contributed by atoms with Crippen LogP contribution in [0.3, 0.4) is 0 Å². The van der Waals surface area contributed by atoms with Gasteiger partial charge in [0.2, 0.25) is 0 Å². The second-order valence-electron chi connectivity index (χ2n) is 6.22. The minimum Gasteiger partial charge on any atom is -0.506 e. The molecule has 3 rings (SSSR count). The van der Waals surface area contributed by atoms with Crippen LogP contribution in [0.4, 0.5) is 5.69 Å². The highest BCUT2D eigenvalue weighted by Gasteiger charge is 2.38. The minimum atomic E-state index is -0.397. The van der Waals surface area contributed by atoms with Crippen molar-refractivity contribution in [3.8, 4) is 5.75 Å². The van der Waals surface area contributed by atoms with Crippen molar-refractivity contribution in [3.63, 3.8) is 0 Å². The summed E-state index contributed by atoms with van der Waals surface area (Å²) in [6, 6.07) is 6.82. The third-order valence-electron chi connectivity index (χ3n) is 4.64. The lowest BCUT2D eigenvalue weighted by atomic mass is 10.1. The van der Waals surface area contributed by atoms with Gasteiger partial charge in [-0.05, 0) is 30.9 Å². The van der Waals surface area contributed by atoms with Gasteiger partial charge in [-0.1, -0.05) is 25.5 Å². The Labute approximate surface area is 135 Å². The molecule has 1 saturated carbocycles. The summed E-state index contributed by atoms with van der Waals surface area (Å²) in [4.78, 5) is 25.8. The van der Waals surface area contributed by atoms with Crippen molar-refractivity contribution in [3.05, 3.63) is 35.7 Å². The fourth-order valence-electron chi connectivity index (χ4n) is 3.15. The number of aromatic hydroxyl groups is 1. The molecule has 0 bridgehead atoms. The average molecular weight is 315 g/mol. The quantitative estimate of drug-likeness (QED) is 0.583. The molecule has 2 atom stereocenters. The van der Waals surface area contributed by atoms with Gasteiger partial charge in [-0.2, -0.15) is 0 Å². The van der Waals surface area contributed by atoms with Crippen LogP contribution < -0.4 is 10.6 Å². The molecule has 1 aromatic rings. The summed E-state index contributed by atoms with van der Waals surface area (Å²) in [6.07, 6.45) is 3.22. The van der Waals surface area contributed by atoms with Crippen molar-refractivity contribution in [2.45, 2.75) is 32.2 Å². The van der Waals surface area contributed by atoms with Gasteiger partial charge in [-0.15, -0.1) is 0 Å². The van der Waals surface area contributed by atoms with E-state index in [1.807, 2.05) is 0 Å². The van der Waals surface area contributed by atoms with Crippen LogP contribution >= 0.6 is 0 Å². The maximum atomic E-state index is 12.4. The van der Waals surface area contributed by atoms with E-state index in [-0.39, 0.29) is 23.4 Å². The molecule has 6 heteroatoms. The molecule has 23 heavy (non-hydrogen) atoms. The van der Waals surface area contributed by atoms with Gasteiger partial charge in [-0.25, -0.2) is 0 Å². The van der Waals surface area contributed by atoms with E-state index in [1.54, 1.807) is 18.2 Å². The van der Waals surface area contributed by atoms with Gasteiger partial charge >= 0.3 is 0 Å². The van der Waals surface area contributed by atoms with Crippen molar-refractivity contribution in [1.82, 2.24) is 10.2 Å². The number of para-hydroxylation sites is 2. The number of imide groups is 1. The highest BCUT2D eigenvalue weighted by atomic mass is 16.3. The van der Waals surface area contributed by atoms with Gasteiger partial charge in [0.15, 0.2) is 0 Å². The van der Waals surface area contributed by atoms with Crippen LogP contribution in [0.5, 0.6) is 5.75 Å². The molecule has 1 aliphatic carbocycles. The number of hydrogen-bond acceptors (Lipinski definition) is 5. The van der Waals surface area contributed by atoms with Crippen molar-refractivity contribution in [2.75, 3.05) is 12.4 Å². The zero-order valence-electron chi connectivity index (χ0n) is 13.3. The number of carbonyl (C=O) groups is 2. The Morgan fingerprint density at radius 1 is 1.13 bits per heavy atom. The number of phenols is 1. The SMILES string of the molecule is C[C@H]1CCC[C@@H]1NC1=C(Nc2ccccc2O)C(=O)N(C)C1=O. The molecule has 0 saturated heterocycles. The van der Waals surface area contributed by atoms with Crippen LogP contribution in [0, 0.1) is 5.92 Å². The van der Waals surface area contributed by atoms with E-state index < -0.39 is 5.91 Å². The van der Waals surface area contributed by atoms with Crippen LogP contribution in [0.15, 0.2) is 35.7 Å². The van der Waals surface area contributed by atoms with E-state index in [4.69, 9.17) is 0 Å². The molecule has 0 unspecified atom stereocenters. The standard InChI is InChI=1S/C17H21N3O3/c1-10-6-5-8-11(10)18-14-15(17(23)20(2)16(14)22)19-12-7-3-4-9-13(12)21/h3-4,7,9-11,18-19,21H,5-6,8H2,1-2H3/t10-,11-/m0/s1. The van der Waals surface area contributed by atoms with Crippen molar-refractivity contribution >= 4 is 17.5 Å². The average Bonchev–Trinajstić information content (AvgIpc) is 3.02. The van der Waals surface area contributed by atoms with E-state index >= 15 is 0 Å². The topological polar surface area (TPSA) is 81.7 Å². The van der Waals surface area contributed by atoms with Gasteiger partial charge in [-0.3, -0.25) is 14.5 Å². The molecule has 0 radical (unpaired) electrons. The predicted molar refractivity (Wildman–Crippen MR) is 86.5 cm³/mol. The number of nitrogens with one attached hydrogen (secondary N) is 2. The zero-order chi connectivity index (χ0) is 16.6. The molecule has 2 aliphatic rings. The maximum absolute atomic E-state index is 12.4. The van der Waals surface area contributed by atoms with Crippen LogP contribution in [-0.4, -0.2) is 34.9 Å². The van der Waals surface area contributed by atoms with Gasteiger partial charge in [0.05, 0.1) is 5.69 Å². The van der Waals surface area contributed by atoms with Gasteiger partial charge in [0.25, 0.3) is 11.8 Å². The molecule has 6 nitrogen and oxygen atoms in total. The summed E-state index contributed by atoms with van der Waals surface area (Å²) >= 11 is 0. The zero-order valence-corrected chi connectivity index (χ0v) is 13.3.